The van der Waals surface area contributed by atoms with Gasteiger partial charge in [0.1, 0.15) is 5.75 Å². The van der Waals surface area contributed by atoms with Crippen LogP contribution in [0.3, 0.4) is 0 Å². The zero-order chi connectivity index (χ0) is 22.1. The van der Waals surface area contributed by atoms with E-state index < -0.39 is 15.9 Å². The molecule has 5 nitrogen and oxygen atoms in total. The number of amides is 1. The number of nitrogens with zero attached hydrogens (tertiary/aromatic N) is 1. The summed E-state index contributed by atoms with van der Waals surface area (Å²) < 4.78 is 30.0. The van der Waals surface area contributed by atoms with Gasteiger partial charge in [-0.25, -0.2) is 8.42 Å². The van der Waals surface area contributed by atoms with Crippen LogP contribution in [-0.4, -0.2) is 42.9 Å². The number of rotatable bonds is 6. The first-order valence-electron chi connectivity index (χ1n) is 9.74. The lowest BCUT2D eigenvalue weighted by molar-refractivity contribution is -0.140. The van der Waals surface area contributed by atoms with Gasteiger partial charge in [0.2, 0.25) is 0 Å². The minimum atomic E-state index is -3.14. The lowest BCUT2D eigenvalue weighted by Gasteiger charge is -2.31. The van der Waals surface area contributed by atoms with Crippen LogP contribution in [0.4, 0.5) is 0 Å². The van der Waals surface area contributed by atoms with Crippen molar-refractivity contribution in [1.29, 1.82) is 0 Å². The minimum absolute atomic E-state index is 0.0296. The molecule has 0 spiro atoms. The van der Waals surface area contributed by atoms with E-state index in [4.69, 9.17) is 27.9 Å². The largest absolute Gasteiger partial charge is 0.481 e. The highest BCUT2D eigenvalue weighted by molar-refractivity contribution is 7.91. The van der Waals surface area contributed by atoms with E-state index in [9.17, 15) is 13.2 Å². The summed E-state index contributed by atoms with van der Waals surface area (Å²) >= 11 is 12.2. The first-order chi connectivity index (χ1) is 14.1. The summed E-state index contributed by atoms with van der Waals surface area (Å²) in [4.78, 5) is 14.9. The second kappa shape index (κ2) is 9.16. The van der Waals surface area contributed by atoms with Crippen molar-refractivity contribution < 1.29 is 17.9 Å². The third kappa shape index (κ3) is 5.48. The monoisotopic (exact) mass is 469 g/mol. The number of carbonyl (C=O) groups is 1. The maximum absolute atomic E-state index is 13.3. The van der Waals surface area contributed by atoms with E-state index in [1.807, 2.05) is 26.0 Å². The summed E-state index contributed by atoms with van der Waals surface area (Å²) in [6.45, 7) is 5.73. The summed E-state index contributed by atoms with van der Waals surface area (Å²) in [5.74, 6) is 0.364. The van der Waals surface area contributed by atoms with Crippen LogP contribution in [0.15, 0.2) is 36.4 Å². The molecule has 2 aromatic rings. The predicted octanol–water partition coefficient (Wildman–Crippen LogP) is 4.59. The first kappa shape index (κ1) is 22.9. The summed E-state index contributed by atoms with van der Waals surface area (Å²) in [5.41, 5.74) is 2.61. The Kier molecular flexibility index (Phi) is 7.00. The smallest absolute Gasteiger partial charge is 0.263 e. The molecule has 1 fully saturated rings. The Labute approximate surface area is 187 Å². The second-order valence-electron chi connectivity index (χ2n) is 7.78. The second-order valence-corrected chi connectivity index (χ2v) is 10.8. The number of benzene rings is 2. The van der Waals surface area contributed by atoms with Crippen molar-refractivity contribution in [1.82, 2.24) is 4.90 Å². The normalized spacial score (nSPS) is 18.8. The number of hydrogen-bond donors (Lipinski definition) is 0. The van der Waals surface area contributed by atoms with Gasteiger partial charge in [0, 0.05) is 22.6 Å². The quantitative estimate of drug-likeness (QED) is 0.620. The van der Waals surface area contributed by atoms with Crippen LogP contribution >= 0.6 is 23.2 Å². The van der Waals surface area contributed by atoms with Crippen LogP contribution in [0.25, 0.3) is 0 Å². The number of aryl methyl sites for hydroxylation is 2. The summed E-state index contributed by atoms with van der Waals surface area (Å²) in [6, 6.07) is 10.4. The Morgan fingerprint density at radius 3 is 2.30 bits per heavy atom. The van der Waals surface area contributed by atoms with Gasteiger partial charge < -0.3 is 9.64 Å². The molecule has 0 aromatic heterocycles. The van der Waals surface area contributed by atoms with Crippen LogP contribution in [0.5, 0.6) is 5.75 Å². The number of halogens is 2. The van der Waals surface area contributed by atoms with E-state index in [2.05, 4.69) is 0 Å². The molecule has 0 bridgehead atoms. The number of sulfone groups is 1. The first-order valence-corrected chi connectivity index (χ1v) is 12.3. The standard InChI is InChI=1S/C22H25Cl2NO4S/c1-14-10-20(11-15(2)21(14)24)29-16(3)22(26)25(19-8-9-30(27,28)13-19)12-17-4-6-18(23)7-5-17/h4-7,10-11,16,19H,8-9,12-13H2,1-3H3/t16-,19-/m0/s1. The van der Waals surface area contributed by atoms with Gasteiger partial charge in [-0.15, -0.1) is 0 Å². The topological polar surface area (TPSA) is 63.7 Å². The van der Waals surface area contributed by atoms with E-state index in [-0.39, 0.29) is 23.5 Å². The Balaban J connectivity index is 1.82. The maximum atomic E-state index is 13.3. The molecule has 0 N–H and O–H groups in total. The molecule has 1 aliphatic heterocycles. The van der Waals surface area contributed by atoms with E-state index in [1.54, 1.807) is 36.1 Å². The van der Waals surface area contributed by atoms with E-state index in [1.165, 1.54) is 0 Å². The molecule has 0 radical (unpaired) electrons. The SMILES string of the molecule is Cc1cc(O[C@@H](C)C(=O)N(Cc2ccc(Cl)cc2)[C@H]2CCS(=O)(=O)C2)cc(C)c1Cl. The molecule has 1 heterocycles. The van der Waals surface area contributed by atoms with Gasteiger partial charge >= 0.3 is 0 Å². The van der Waals surface area contributed by atoms with Crippen molar-refractivity contribution in [3.63, 3.8) is 0 Å². The maximum Gasteiger partial charge on any atom is 0.263 e. The highest BCUT2D eigenvalue weighted by Crippen LogP contribution is 2.27. The Morgan fingerprint density at radius 2 is 1.77 bits per heavy atom. The molecule has 1 aliphatic rings. The van der Waals surface area contributed by atoms with Crippen LogP contribution in [0.1, 0.15) is 30.0 Å². The van der Waals surface area contributed by atoms with Gasteiger partial charge in [0.25, 0.3) is 5.91 Å². The third-order valence-corrected chi connectivity index (χ3v) is 7.87. The Bertz CT molecular complexity index is 1010. The summed E-state index contributed by atoms with van der Waals surface area (Å²) in [6.07, 6.45) is -0.353. The van der Waals surface area contributed by atoms with E-state index in [0.717, 1.165) is 16.7 Å². The molecular formula is C22H25Cl2NO4S. The fourth-order valence-electron chi connectivity index (χ4n) is 3.66. The highest BCUT2D eigenvalue weighted by Gasteiger charge is 2.36. The van der Waals surface area contributed by atoms with Crippen molar-refractivity contribution in [2.75, 3.05) is 11.5 Å². The van der Waals surface area contributed by atoms with Crippen molar-refractivity contribution in [3.05, 3.63) is 63.1 Å². The third-order valence-electron chi connectivity index (χ3n) is 5.27. The van der Waals surface area contributed by atoms with Gasteiger partial charge in [0.05, 0.1) is 11.5 Å². The van der Waals surface area contributed by atoms with Crippen molar-refractivity contribution in [2.45, 2.75) is 45.9 Å². The summed E-state index contributed by atoms with van der Waals surface area (Å²) in [5, 5.41) is 1.27. The zero-order valence-electron chi connectivity index (χ0n) is 17.2. The Hall–Kier alpha value is -1.76. The zero-order valence-corrected chi connectivity index (χ0v) is 19.5. The van der Waals surface area contributed by atoms with Gasteiger partial charge in [-0.2, -0.15) is 0 Å². The molecule has 162 valence electrons. The number of ether oxygens (including phenoxy) is 1. The van der Waals surface area contributed by atoms with Gasteiger partial charge in [-0.1, -0.05) is 35.3 Å². The molecule has 0 saturated carbocycles. The van der Waals surface area contributed by atoms with Crippen LogP contribution in [0.2, 0.25) is 10.0 Å². The molecule has 8 heteroatoms. The lowest BCUT2D eigenvalue weighted by Crippen LogP contribution is -2.46. The molecule has 0 aliphatic carbocycles. The average molecular weight is 470 g/mol. The van der Waals surface area contributed by atoms with Gasteiger partial charge in [0.15, 0.2) is 15.9 Å². The summed E-state index contributed by atoms with van der Waals surface area (Å²) in [7, 11) is -3.14. The van der Waals surface area contributed by atoms with E-state index >= 15 is 0 Å². The van der Waals surface area contributed by atoms with Gasteiger partial charge in [-0.3, -0.25) is 4.79 Å². The van der Waals surface area contributed by atoms with Crippen LogP contribution < -0.4 is 4.74 Å². The van der Waals surface area contributed by atoms with Gasteiger partial charge in [-0.05, 0) is 68.1 Å². The average Bonchev–Trinajstić information content (AvgIpc) is 3.04. The van der Waals surface area contributed by atoms with Crippen molar-refractivity contribution >= 4 is 38.9 Å². The molecule has 2 aromatic carbocycles. The van der Waals surface area contributed by atoms with Crippen LogP contribution in [0, 0.1) is 13.8 Å². The molecule has 3 rings (SSSR count). The van der Waals surface area contributed by atoms with E-state index in [0.29, 0.717) is 28.8 Å². The fraction of sp³-hybridized carbons (Fsp3) is 0.409. The van der Waals surface area contributed by atoms with Crippen molar-refractivity contribution in [2.24, 2.45) is 0 Å². The lowest BCUT2D eigenvalue weighted by atomic mass is 10.1. The fourth-order valence-corrected chi connectivity index (χ4v) is 5.62. The number of carbonyl (C=O) groups excluding carboxylic acids is 1. The molecular weight excluding hydrogens is 445 g/mol. The van der Waals surface area contributed by atoms with Crippen molar-refractivity contribution in [3.8, 4) is 5.75 Å². The van der Waals surface area contributed by atoms with Crippen LogP contribution in [-0.2, 0) is 21.2 Å². The molecule has 2 atom stereocenters. The Morgan fingerprint density at radius 1 is 1.17 bits per heavy atom. The minimum Gasteiger partial charge on any atom is -0.481 e. The number of hydrogen-bond acceptors (Lipinski definition) is 4. The molecule has 1 amide bonds. The molecule has 1 saturated heterocycles. The predicted molar refractivity (Wildman–Crippen MR) is 120 cm³/mol. The molecule has 30 heavy (non-hydrogen) atoms. The highest BCUT2D eigenvalue weighted by atomic mass is 35.5. The molecule has 0 unspecified atom stereocenters.